The number of aromatic nitrogens is 1. The zero-order chi connectivity index (χ0) is 15.4. The number of aliphatic carboxylic acids is 1. The van der Waals surface area contributed by atoms with Crippen LogP contribution in [0.3, 0.4) is 0 Å². The summed E-state index contributed by atoms with van der Waals surface area (Å²) in [6.45, 7) is 3.12. The second kappa shape index (κ2) is 6.04. The van der Waals surface area contributed by atoms with Gasteiger partial charge in [-0.25, -0.2) is 0 Å². The Balaban J connectivity index is 2.44. The minimum Gasteiger partial charge on any atom is -0.480 e. The molecule has 2 rings (SSSR count). The van der Waals surface area contributed by atoms with Crippen molar-refractivity contribution in [2.45, 2.75) is 0 Å². The average molecular weight is 286 g/mol. The highest BCUT2D eigenvalue weighted by Crippen LogP contribution is 2.11. The number of carboxylic acids is 1. The van der Waals surface area contributed by atoms with E-state index in [1.807, 2.05) is 0 Å². The first-order valence-corrected chi connectivity index (χ1v) is 6.27. The molecule has 0 aliphatic carbocycles. The number of carboxylic acid groups (broad SMARTS) is 1. The summed E-state index contributed by atoms with van der Waals surface area (Å²) in [4.78, 5) is 38.6. The Morgan fingerprint density at radius 2 is 2.05 bits per heavy atom. The highest BCUT2D eigenvalue weighted by molar-refractivity contribution is 5.97. The molecule has 0 unspecified atom stereocenters. The van der Waals surface area contributed by atoms with E-state index in [1.54, 1.807) is 24.3 Å². The van der Waals surface area contributed by atoms with Crippen LogP contribution < -0.4 is 5.56 Å². The van der Waals surface area contributed by atoms with E-state index in [0.29, 0.717) is 10.8 Å². The van der Waals surface area contributed by atoms with Crippen LogP contribution in [0.4, 0.5) is 0 Å². The smallest absolute Gasteiger partial charge is 0.323 e. The molecule has 0 radical (unpaired) electrons. The molecule has 6 heteroatoms. The summed E-state index contributed by atoms with van der Waals surface area (Å²) in [7, 11) is 0. The van der Waals surface area contributed by atoms with Crippen LogP contribution in [0.25, 0.3) is 10.8 Å². The van der Waals surface area contributed by atoms with Gasteiger partial charge in [-0.15, -0.1) is 6.58 Å². The minimum atomic E-state index is -1.13. The molecular weight excluding hydrogens is 272 g/mol. The summed E-state index contributed by atoms with van der Waals surface area (Å²) in [5.41, 5.74) is -0.327. The molecule has 0 spiro atoms. The van der Waals surface area contributed by atoms with Gasteiger partial charge >= 0.3 is 5.97 Å². The Labute approximate surface area is 120 Å². The highest BCUT2D eigenvalue weighted by Gasteiger charge is 2.18. The Bertz CT molecular complexity index is 764. The van der Waals surface area contributed by atoms with Crippen molar-refractivity contribution in [2.24, 2.45) is 0 Å². The van der Waals surface area contributed by atoms with Crippen molar-refractivity contribution in [3.63, 3.8) is 0 Å². The van der Waals surface area contributed by atoms with E-state index in [0.717, 1.165) is 4.90 Å². The van der Waals surface area contributed by atoms with Crippen molar-refractivity contribution in [2.75, 3.05) is 13.1 Å². The van der Waals surface area contributed by atoms with Crippen LogP contribution in [-0.4, -0.2) is 40.0 Å². The first kappa shape index (κ1) is 14.5. The van der Waals surface area contributed by atoms with Crippen LogP contribution >= 0.6 is 0 Å². The number of nitrogens with one attached hydrogen (secondary N) is 1. The Hall–Kier alpha value is -2.89. The summed E-state index contributed by atoms with van der Waals surface area (Å²) in [5.74, 6) is -1.69. The van der Waals surface area contributed by atoms with Crippen molar-refractivity contribution < 1.29 is 14.7 Å². The van der Waals surface area contributed by atoms with E-state index in [9.17, 15) is 14.4 Å². The summed E-state index contributed by atoms with van der Waals surface area (Å²) >= 11 is 0. The van der Waals surface area contributed by atoms with E-state index in [1.165, 1.54) is 12.1 Å². The zero-order valence-electron chi connectivity index (χ0n) is 11.2. The topological polar surface area (TPSA) is 90.5 Å². The van der Waals surface area contributed by atoms with E-state index in [-0.39, 0.29) is 17.8 Å². The normalized spacial score (nSPS) is 10.3. The molecule has 0 aliphatic rings. The molecule has 21 heavy (non-hydrogen) atoms. The summed E-state index contributed by atoms with van der Waals surface area (Å²) < 4.78 is 0. The third-order valence-corrected chi connectivity index (χ3v) is 2.95. The van der Waals surface area contributed by atoms with Gasteiger partial charge in [-0.05, 0) is 17.5 Å². The van der Waals surface area contributed by atoms with Crippen molar-refractivity contribution in [1.82, 2.24) is 9.88 Å². The predicted molar refractivity (Wildman–Crippen MR) is 78.3 cm³/mol. The number of benzene rings is 1. The molecule has 2 N–H and O–H groups in total. The summed E-state index contributed by atoms with van der Waals surface area (Å²) in [6.07, 6.45) is 1.43. The van der Waals surface area contributed by atoms with Crippen LogP contribution in [0.2, 0.25) is 0 Å². The molecule has 0 fully saturated rings. The molecule has 1 heterocycles. The van der Waals surface area contributed by atoms with Crippen LogP contribution in [0.5, 0.6) is 0 Å². The molecule has 0 bridgehead atoms. The Kier molecular flexibility index (Phi) is 4.18. The maximum Gasteiger partial charge on any atom is 0.323 e. The maximum absolute atomic E-state index is 12.3. The van der Waals surface area contributed by atoms with Gasteiger partial charge < -0.3 is 15.0 Å². The number of fused-ring (bicyclic) bond motifs is 1. The van der Waals surface area contributed by atoms with Crippen LogP contribution in [0.1, 0.15) is 10.5 Å². The predicted octanol–water partition coefficient (Wildman–Crippen LogP) is 1.24. The molecule has 108 valence electrons. The lowest BCUT2D eigenvalue weighted by Gasteiger charge is -2.18. The largest absolute Gasteiger partial charge is 0.480 e. The van der Waals surface area contributed by atoms with Gasteiger partial charge in [0, 0.05) is 11.9 Å². The van der Waals surface area contributed by atoms with E-state index in [4.69, 9.17) is 5.11 Å². The van der Waals surface area contributed by atoms with Gasteiger partial charge in [-0.2, -0.15) is 0 Å². The fraction of sp³-hybridized carbons (Fsp3) is 0.133. The van der Waals surface area contributed by atoms with E-state index >= 15 is 0 Å². The number of H-pyrrole nitrogens is 1. The number of pyridine rings is 1. The van der Waals surface area contributed by atoms with Gasteiger partial charge in [0.25, 0.3) is 11.5 Å². The fourth-order valence-electron chi connectivity index (χ4n) is 2.03. The molecule has 0 saturated carbocycles. The zero-order valence-corrected chi connectivity index (χ0v) is 11.2. The number of rotatable bonds is 5. The number of hydrogen-bond acceptors (Lipinski definition) is 3. The molecule has 1 amide bonds. The highest BCUT2D eigenvalue weighted by atomic mass is 16.4. The molecule has 0 aliphatic heterocycles. The van der Waals surface area contributed by atoms with Crippen LogP contribution in [0, 0.1) is 0 Å². The first-order valence-electron chi connectivity index (χ1n) is 6.27. The summed E-state index contributed by atoms with van der Waals surface area (Å²) in [6, 6.07) is 8.40. The standard InChI is InChI=1S/C15H14N2O4/c1-2-7-17(9-13(18)19)15(21)12-8-10-5-3-4-6-11(10)14(20)16-12/h2-6,8H,1,7,9H2,(H,16,20)(H,18,19). The molecule has 0 atom stereocenters. The monoisotopic (exact) mass is 286 g/mol. The molecule has 2 aromatic rings. The second-order valence-electron chi connectivity index (χ2n) is 4.47. The van der Waals surface area contributed by atoms with Crippen molar-refractivity contribution >= 4 is 22.6 Å². The maximum atomic E-state index is 12.3. The molecule has 0 saturated heterocycles. The lowest BCUT2D eigenvalue weighted by atomic mass is 10.1. The molecule has 1 aromatic carbocycles. The van der Waals surface area contributed by atoms with Gasteiger partial charge in [-0.3, -0.25) is 14.4 Å². The van der Waals surface area contributed by atoms with Crippen LogP contribution in [-0.2, 0) is 4.79 Å². The minimum absolute atomic E-state index is 0.0572. The van der Waals surface area contributed by atoms with Gasteiger partial charge in [-0.1, -0.05) is 24.3 Å². The third-order valence-electron chi connectivity index (χ3n) is 2.95. The van der Waals surface area contributed by atoms with Gasteiger partial charge in [0.05, 0.1) is 0 Å². The lowest BCUT2D eigenvalue weighted by Crippen LogP contribution is -2.36. The average Bonchev–Trinajstić information content (AvgIpc) is 2.45. The second-order valence-corrected chi connectivity index (χ2v) is 4.47. The number of hydrogen-bond donors (Lipinski definition) is 2. The molecule has 6 nitrogen and oxygen atoms in total. The van der Waals surface area contributed by atoms with Gasteiger partial charge in [0.2, 0.25) is 0 Å². The molecule has 1 aromatic heterocycles. The van der Waals surface area contributed by atoms with Crippen molar-refractivity contribution in [1.29, 1.82) is 0 Å². The van der Waals surface area contributed by atoms with Gasteiger partial charge in [0.1, 0.15) is 12.2 Å². The Morgan fingerprint density at radius 1 is 1.33 bits per heavy atom. The number of aromatic amines is 1. The van der Waals surface area contributed by atoms with Gasteiger partial charge in [0.15, 0.2) is 0 Å². The molecular formula is C15H14N2O4. The summed E-state index contributed by atoms with van der Waals surface area (Å²) in [5, 5.41) is 9.93. The quantitative estimate of drug-likeness (QED) is 0.809. The number of carbonyl (C=O) groups is 2. The van der Waals surface area contributed by atoms with E-state index in [2.05, 4.69) is 11.6 Å². The van der Waals surface area contributed by atoms with E-state index < -0.39 is 18.4 Å². The third kappa shape index (κ3) is 3.17. The number of amides is 1. The Morgan fingerprint density at radius 3 is 2.71 bits per heavy atom. The lowest BCUT2D eigenvalue weighted by molar-refractivity contribution is -0.137. The number of nitrogens with zero attached hydrogens (tertiary/aromatic N) is 1. The number of carbonyl (C=O) groups excluding carboxylic acids is 1. The fourth-order valence-corrected chi connectivity index (χ4v) is 2.03. The SMILES string of the molecule is C=CCN(CC(=O)O)C(=O)c1cc2ccccc2c(=O)[nH]1. The van der Waals surface area contributed by atoms with Crippen LogP contribution in [0.15, 0.2) is 47.8 Å². The van der Waals surface area contributed by atoms with Crippen molar-refractivity contribution in [3.05, 3.63) is 59.0 Å². The van der Waals surface area contributed by atoms with Crippen molar-refractivity contribution in [3.8, 4) is 0 Å². The first-order chi connectivity index (χ1) is 10.0.